The lowest BCUT2D eigenvalue weighted by molar-refractivity contribution is 0.205. The van der Waals surface area contributed by atoms with Gasteiger partial charge in [-0.25, -0.2) is 4.98 Å². The van der Waals surface area contributed by atoms with Crippen molar-refractivity contribution in [3.8, 4) is 0 Å². The minimum atomic E-state index is 0.629. The third kappa shape index (κ3) is 3.50. The Morgan fingerprint density at radius 2 is 1.78 bits per heavy atom. The minimum absolute atomic E-state index is 0.629. The van der Waals surface area contributed by atoms with E-state index in [2.05, 4.69) is 52.4 Å². The summed E-state index contributed by atoms with van der Waals surface area (Å²) in [6, 6.07) is 13.9. The van der Waals surface area contributed by atoms with Crippen LogP contribution in [0.3, 0.4) is 0 Å². The average Bonchev–Trinajstić information content (AvgIpc) is 2.74. The number of fused-ring (bicyclic) bond motifs is 3. The molecule has 5 rings (SSSR count). The zero-order valence-corrected chi connectivity index (χ0v) is 16.3. The summed E-state index contributed by atoms with van der Waals surface area (Å²) in [7, 11) is 0. The Kier molecular flexibility index (Phi) is 4.87. The fraction of sp³-hybridized carbons (Fsp3) is 0.542. The average molecular weight is 362 g/mol. The first-order chi connectivity index (χ1) is 13.4. The van der Waals surface area contributed by atoms with E-state index in [4.69, 9.17) is 4.98 Å². The first-order valence-corrected chi connectivity index (χ1v) is 10.9. The molecule has 27 heavy (non-hydrogen) atoms. The Balaban J connectivity index is 1.33. The second-order valence-electron chi connectivity index (χ2n) is 8.64. The molecule has 2 fully saturated rings. The summed E-state index contributed by atoms with van der Waals surface area (Å²) < 4.78 is 0. The first-order valence-electron chi connectivity index (χ1n) is 10.9. The van der Waals surface area contributed by atoms with Crippen LogP contribution in [0.5, 0.6) is 0 Å². The molecule has 1 aromatic heterocycles. The molecule has 3 nitrogen and oxygen atoms in total. The second kappa shape index (κ2) is 7.63. The van der Waals surface area contributed by atoms with E-state index in [-0.39, 0.29) is 0 Å². The largest absolute Gasteiger partial charge is 0.351 e. The highest BCUT2D eigenvalue weighted by molar-refractivity contribution is 5.55. The minimum Gasteiger partial charge on any atom is -0.351 e. The highest BCUT2D eigenvalue weighted by Gasteiger charge is 2.34. The van der Waals surface area contributed by atoms with Crippen molar-refractivity contribution in [2.75, 3.05) is 24.5 Å². The summed E-state index contributed by atoms with van der Waals surface area (Å²) >= 11 is 0. The number of nitrogens with zero attached hydrogens (tertiary/aromatic N) is 3. The smallest absolute Gasteiger partial charge is 0.132 e. The third-order valence-corrected chi connectivity index (χ3v) is 6.93. The monoisotopic (exact) mass is 361 g/mol. The molecule has 0 N–H and O–H groups in total. The predicted octanol–water partition coefficient (Wildman–Crippen LogP) is 4.77. The van der Waals surface area contributed by atoms with Crippen molar-refractivity contribution in [2.45, 2.75) is 63.5 Å². The molecule has 0 bridgehead atoms. The van der Waals surface area contributed by atoms with E-state index in [0.29, 0.717) is 6.04 Å². The molecule has 3 heteroatoms. The van der Waals surface area contributed by atoms with Gasteiger partial charge in [-0.1, -0.05) is 49.6 Å². The number of pyridine rings is 1. The molecule has 142 valence electrons. The number of hydrogen-bond donors (Lipinski definition) is 0. The van der Waals surface area contributed by atoms with Crippen LogP contribution in [0.1, 0.15) is 61.1 Å². The molecule has 1 saturated heterocycles. The van der Waals surface area contributed by atoms with Crippen molar-refractivity contribution >= 4 is 5.82 Å². The summed E-state index contributed by atoms with van der Waals surface area (Å²) in [6.45, 7) is 4.50. The van der Waals surface area contributed by atoms with Gasteiger partial charge in [-0.05, 0) is 54.4 Å². The van der Waals surface area contributed by atoms with Crippen LogP contribution in [-0.2, 0) is 13.0 Å². The molecule has 1 aromatic carbocycles. The SMILES string of the molecule is c1ccc(CN2CCN3c4nccc(C5CCCCC5)c4CC[C@@H]3C2)cc1. The van der Waals surface area contributed by atoms with E-state index < -0.39 is 0 Å². The van der Waals surface area contributed by atoms with Gasteiger partial charge in [0.25, 0.3) is 0 Å². The zero-order chi connectivity index (χ0) is 18.1. The maximum absolute atomic E-state index is 4.88. The van der Waals surface area contributed by atoms with Crippen LogP contribution in [0.2, 0.25) is 0 Å². The summed E-state index contributed by atoms with van der Waals surface area (Å²) in [6.07, 6.45) is 11.6. The van der Waals surface area contributed by atoms with Crippen LogP contribution in [0.25, 0.3) is 0 Å². The summed E-state index contributed by atoms with van der Waals surface area (Å²) in [5.41, 5.74) is 4.64. The lowest BCUT2D eigenvalue weighted by atomic mass is 9.80. The van der Waals surface area contributed by atoms with Crippen LogP contribution in [0, 0.1) is 0 Å². The van der Waals surface area contributed by atoms with Gasteiger partial charge in [-0.15, -0.1) is 0 Å². The lowest BCUT2D eigenvalue weighted by Gasteiger charge is -2.46. The van der Waals surface area contributed by atoms with Crippen molar-refractivity contribution in [3.63, 3.8) is 0 Å². The fourth-order valence-corrected chi connectivity index (χ4v) is 5.54. The highest BCUT2D eigenvalue weighted by atomic mass is 15.3. The van der Waals surface area contributed by atoms with Crippen molar-refractivity contribution in [1.29, 1.82) is 0 Å². The lowest BCUT2D eigenvalue weighted by Crippen LogP contribution is -2.55. The summed E-state index contributed by atoms with van der Waals surface area (Å²) in [5.74, 6) is 2.10. The van der Waals surface area contributed by atoms with Gasteiger partial charge in [-0.2, -0.15) is 0 Å². The van der Waals surface area contributed by atoms with Crippen LogP contribution in [-0.4, -0.2) is 35.6 Å². The van der Waals surface area contributed by atoms with Crippen molar-refractivity contribution in [3.05, 3.63) is 59.3 Å². The van der Waals surface area contributed by atoms with Gasteiger partial charge in [0.2, 0.25) is 0 Å². The van der Waals surface area contributed by atoms with E-state index in [0.717, 1.165) is 25.6 Å². The van der Waals surface area contributed by atoms with Crippen molar-refractivity contribution < 1.29 is 0 Å². The number of piperazine rings is 1. The van der Waals surface area contributed by atoms with Crippen LogP contribution >= 0.6 is 0 Å². The fourth-order valence-electron chi connectivity index (χ4n) is 5.54. The molecule has 2 aliphatic heterocycles. The van der Waals surface area contributed by atoms with Crippen LogP contribution in [0.4, 0.5) is 5.82 Å². The number of benzene rings is 1. The molecule has 0 radical (unpaired) electrons. The van der Waals surface area contributed by atoms with Gasteiger partial charge in [0.05, 0.1) is 0 Å². The van der Waals surface area contributed by atoms with E-state index >= 15 is 0 Å². The first kappa shape index (κ1) is 17.2. The molecule has 1 atom stereocenters. The molecular formula is C24H31N3. The second-order valence-corrected chi connectivity index (χ2v) is 8.64. The highest BCUT2D eigenvalue weighted by Crippen LogP contribution is 2.40. The van der Waals surface area contributed by atoms with Gasteiger partial charge < -0.3 is 4.90 Å². The molecule has 3 aliphatic rings. The van der Waals surface area contributed by atoms with E-state index in [9.17, 15) is 0 Å². The Morgan fingerprint density at radius 1 is 0.926 bits per heavy atom. The molecule has 1 aliphatic carbocycles. The summed E-state index contributed by atoms with van der Waals surface area (Å²) in [5, 5.41) is 0. The Hall–Kier alpha value is -1.87. The van der Waals surface area contributed by atoms with E-state index in [1.54, 1.807) is 11.1 Å². The molecule has 0 amide bonds. The topological polar surface area (TPSA) is 19.4 Å². The predicted molar refractivity (Wildman–Crippen MR) is 111 cm³/mol. The molecule has 1 saturated carbocycles. The molecule has 2 aromatic rings. The number of hydrogen-bond acceptors (Lipinski definition) is 3. The van der Waals surface area contributed by atoms with Crippen LogP contribution in [0.15, 0.2) is 42.6 Å². The van der Waals surface area contributed by atoms with Gasteiger partial charge in [-0.3, -0.25) is 4.90 Å². The van der Waals surface area contributed by atoms with E-state index in [1.807, 2.05) is 0 Å². The standard InChI is InChI=1S/C24H31N3/c1-3-7-19(8-4-1)17-26-15-16-27-21(18-26)11-12-23-22(13-14-25-24(23)27)20-9-5-2-6-10-20/h1,3-4,7-8,13-14,20-21H,2,5-6,9-12,15-18H2/t21-/m1/s1. The molecular weight excluding hydrogens is 330 g/mol. The normalized spacial score (nSPS) is 23.7. The van der Waals surface area contributed by atoms with Crippen molar-refractivity contribution in [1.82, 2.24) is 9.88 Å². The van der Waals surface area contributed by atoms with Gasteiger partial charge >= 0.3 is 0 Å². The maximum atomic E-state index is 4.88. The van der Waals surface area contributed by atoms with Gasteiger partial charge in [0.1, 0.15) is 5.82 Å². The van der Waals surface area contributed by atoms with Gasteiger partial charge in [0.15, 0.2) is 0 Å². The van der Waals surface area contributed by atoms with E-state index in [1.165, 1.54) is 62.9 Å². The Bertz CT molecular complexity index is 766. The number of aromatic nitrogens is 1. The molecule has 0 spiro atoms. The Labute approximate surface area is 163 Å². The summed E-state index contributed by atoms with van der Waals surface area (Å²) in [4.78, 5) is 10.1. The van der Waals surface area contributed by atoms with Gasteiger partial charge in [0, 0.05) is 38.4 Å². The third-order valence-electron chi connectivity index (χ3n) is 6.93. The Morgan fingerprint density at radius 3 is 2.63 bits per heavy atom. The number of rotatable bonds is 3. The maximum Gasteiger partial charge on any atom is 0.132 e. The molecule has 3 heterocycles. The zero-order valence-electron chi connectivity index (χ0n) is 16.3. The molecule has 0 unspecified atom stereocenters. The quantitative estimate of drug-likeness (QED) is 0.785. The van der Waals surface area contributed by atoms with Crippen molar-refractivity contribution in [2.24, 2.45) is 0 Å². The van der Waals surface area contributed by atoms with Crippen LogP contribution < -0.4 is 4.90 Å². The number of anilines is 1.